The molecule has 5 rings (SSSR count). The van der Waals surface area contributed by atoms with E-state index in [2.05, 4.69) is 10.3 Å². The van der Waals surface area contributed by atoms with Crippen LogP contribution in [0, 0.1) is 17.7 Å². The fraction of sp³-hybridized carbons (Fsp3) is 0.517. The Morgan fingerprint density at radius 3 is 2.63 bits per heavy atom. The van der Waals surface area contributed by atoms with Crippen LogP contribution in [0.2, 0.25) is 0 Å². The molecule has 0 spiro atoms. The first-order valence-electron chi connectivity index (χ1n) is 13.2. The van der Waals surface area contributed by atoms with Crippen LogP contribution in [0.15, 0.2) is 24.3 Å². The van der Waals surface area contributed by atoms with E-state index in [0.717, 1.165) is 18.4 Å². The van der Waals surface area contributed by atoms with E-state index in [4.69, 9.17) is 9.47 Å². The summed E-state index contributed by atoms with van der Waals surface area (Å²) in [5, 5.41) is 2.89. The summed E-state index contributed by atoms with van der Waals surface area (Å²) >= 11 is 0. The summed E-state index contributed by atoms with van der Waals surface area (Å²) in [6.07, 6.45) is 3.54. The van der Waals surface area contributed by atoms with Gasteiger partial charge in [0.15, 0.2) is 0 Å². The zero-order valence-electron chi connectivity index (χ0n) is 22.3. The molecule has 1 unspecified atom stereocenters. The number of nitrogens with zero attached hydrogens (tertiary/aromatic N) is 2. The molecule has 0 bridgehead atoms. The molecule has 8 nitrogen and oxygen atoms in total. The lowest BCUT2D eigenvalue weighted by Gasteiger charge is -2.42. The van der Waals surface area contributed by atoms with Crippen molar-refractivity contribution in [3.8, 4) is 5.88 Å². The van der Waals surface area contributed by atoms with Gasteiger partial charge in [0.25, 0.3) is 5.91 Å². The molecule has 202 valence electrons. The Balaban J connectivity index is 1.40. The number of ether oxygens (including phenoxy) is 2. The maximum Gasteiger partial charge on any atom is 0.305 e. The third-order valence-corrected chi connectivity index (χ3v) is 8.32. The van der Waals surface area contributed by atoms with Crippen molar-refractivity contribution in [2.75, 3.05) is 26.1 Å². The quantitative estimate of drug-likeness (QED) is 0.573. The minimum absolute atomic E-state index is 0.102. The number of aryl methyl sites for hydroxylation is 1. The third-order valence-electron chi connectivity index (χ3n) is 8.32. The number of amides is 2. The number of hydrogen-bond acceptors (Lipinski definition) is 6. The number of benzene rings is 1. The summed E-state index contributed by atoms with van der Waals surface area (Å²) in [5.41, 5.74) is 3.08. The first-order chi connectivity index (χ1) is 18.1. The van der Waals surface area contributed by atoms with Gasteiger partial charge in [-0.3, -0.25) is 14.4 Å². The second-order valence-corrected chi connectivity index (χ2v) is 11.3. The number of rotatable bonds is 6. The number of anilines is 1. The molecule has 2 aliphatic carbocycles. The lowest BCUT2D eigenvalue weighted by Crippen LogP contribution is -2.50. The molecule has 1 aliphatic heterocycles. The van der Waals surface area contributed by atoms with Crippen molar-refractivity contribution in [1.82, 2.24) is 9.88 Å². The molecule has 0 radical (unpaired) electrons. The topological polar surface area (TPSA) is 97.8 Å². The highest BCUT2D eigenvalue weighted by Gasteiger charge is 2.44. The van der Waals surface area contributed by atoms with Crippen LogP contribution in [-0.4, -0.2) is 48.4 Å². The normalized spacial score (nSPS) is 23.1. The minimum atomic E-state index is -0.905. The molecule has 38 heavy (non-hydrogen) atoms. The summed E-state index contributed by atoms with van der Waals surface area (Å²) in [5.74, 6) is -0.846. The predicted octanol–water partition coefficient (Wildman–Crippen LogP) is 4.11. The molecular weight excluding hydrogens is 489 g/mol. The Kier molecular flexibility index (Phi) is 6.88. The standard InChI is InChI=1S/C29H34FN3O5/c1-29(2)9-7-17-14-19(15-21(30)25(17)29)31-27(35)26-20-5-6-23(37-3)32-22(20)8-10-33(26)28(36)18-11-16(12-18)13-24(34)38-4/h5-6,14-16,18,26H,7-13H2,1-4H3,(H,31,35)/t16-,18+,26?. The van der Waals surface area contributed by atoms with E-state index in [1.54, 1.807) is 17.0 Å². The van der Waals surface area contributed by atoms with E-state index in [-0.39, 0.29) is 41.4 Å². The lowest BCUT2D eigenvalue weighted by atomic mass is 9.72. The SMILES string of the molecule is COC(=O)C[C@H]1C[C@@H](C(=O)N2CCc3nc(OC)ccc3C2C(=O)Nc2cc(F)c3c(c2)CCC3(C)C)C1. The number of methoxy groups -OCH3 is 2. The number of esters is 1. The molecule has 1 aromatic carbocycles. The second-order valence-electron chi connectivity index (χ2n) is 11.3. The van der Waals surface area contributed by atoms with Gasteiger partial charge in [-0.1, -0.05) is 13.8 Å². The van der Waals surface area contributed by atoms with E-state index >= 15 is 4.39 Å². The van der Waals surface area contributed by atoms with Gasteiger partial charge in [-0.25, -0.2) is 9.37 Å². The molecule has 1 atom stereocenters. The molecule has 2 amide bonds. The summed E-state index contributed by atoms with van der Waals surface area (Å²) in [7, 11) is 2.89. The summed E-state index contributed by atoms with van der Waals surface area (Å²) in [6.45, 7) is 4.38. The van der Waals surface area contributed by atoms with E-state index in [1.165, 1.54) is 20.3 Å². The molecule has 1 aromatic heterocycles. The summed E-state index contributed by atoms with van der Waals surface area (Å²) in [4.78, 5) is 45.1. The lowest BCUT2D eigenvalue weighted by molar-refractivity contribution is -0.150. The molecule has 2 heterocycles. The number of aromatic nitrogens is 1. The Labute approximate surface area is 221 Å². The first-order valence-corrected chi connectivity index (χ1v) is 13.2. The van der Waals surface area contributed by atoms with E-state index in [0.29, 0.717) is 54.2 Å². The van der Waals surface area contributed by atoms with Gasteiger partial charge in [-0.15, -0.1) is 0 Å². The maximum atomic E-state index is 15.1. The summed E-state index contributed by atoms with van der Waals surface area (Å²) in [6, 6.07) is 5.76. The maximum absolute atomic E-state index is 15.1. The van der Waals surface area contributed by atoms with Gasteiger partial charge >= 0.3 is 5.97 Å². The van der Waals surface area contributed by atoms with Crippen LogP contribution in [0.5, 0.6) is 5.88 Å². The Morgan fingerprint density at radius 1 is 1.16 bits per heavy atom. The van der Waals surface area contributed by atoms with Crippen LogP contribution in [-0.2, 0) is 37.4 Å². The molecule has 1 N–H and O–H groups in total. The highest BCUT2D eigenvalue weighted by Crippen LogP contribution is 2.43. The van der Waals surface area contributed by atoms with Crippen LogP contribution >= 0.6 is 0 Å². The van der Waals surface area contributed by atoms with Crippen molar-refractivity contribution in [3.05, 3.63) is 52.5 Å². The van der Waals surface area contributed by atoms with Crippen LogP contribution in [0.25, 0.3) is 0 Å². The van der Waals surface area contributed by atoms with Crippen LogP contribution in [0.4, 0.5) is 10.1 Å². The zero-order valence-corrected chi connectivity index (χ0v) is 22.3. The molecule has 1 fully saturated rings. The van der Waals surface area contributed by atoms with Crippen molar-refractivity contribution in [3.63, 3.8) is 0 Å². The Hall–Kier alpha value is -3.49. The largest absolute Gasteiger partial charge is 0.481 e. The van der Waals surface area contributed by atoms with Crippen LogP contribution in [0.1, 0.15) is 68.0 Å². The highest BCUT2D eigenvalue weighted by molar-refractivity contribution is 5.99. The number of pyridine rings is 1. The predicted molar refractivity (Wildman–Crippen MR) is 138 cm³/mol. The Morgan fingerprint density at radius 2 is 1.92 bits per heavy atom. The first kappa shape index (κ1) is 26.1. The molecule has 1 saturated carbocycles. The number of halogens is 1. The monoisotopic (exact) mass is 523 g/mol. The van der Waals surface area contributed by atoms with Crippen molar-refractivity contribution < 1.29 is 28.2 Å². The van der Waals surface area contributed by atoms with Crippen molar-refractivity contribution >= 4 is 23.5 Å². The van der Waals surface area contributed by atoms with Gasteiger partial charge in [0.05, 0.1) is 19.9 Å². The molecular formula is C29H34FN3O5. The average Bonchev–Trinajstić information content (AvgIpc) is 3.18. The molecule has 2 aromatic rings. The zero-order chi connectivity index (χ0) is 27.2. The molecule has 3 aliphatic rings. The number of fused-ring (bicyclic) bond motifs is 2. The number of hydrogen-bond donors (Lipinski definition) is 1. The van der Waals surface area contributed by atoms with Gasteiger partial charge in [0.2, 0.25) is 11.8 Å². The highest BCUT2D eigenvalue weighted by atomic mass is 19.1. The second kappa shape index (κ2) is 10.0. The fourth-order valence-corrected chi connectivity index (χ4v) is 6.23. The van der Waals surface area contributed by atoms with Crippen molar-refractivity contribution in [2.45, 2.75) is 63.8 Å². The van der Waals surface area contributed by atoms with Crippen LogP contribution in [0.3, 0.4) is 0 Å². The number of carbonyl (C=O) groups is 3. The van der Waals surface area contributed by atoms with Crippen LogP contribution < -0.4 is 10.1 Å². The minimum Gasteiger partial charge on any atom is -0.481 e. The van der Waals surface area contributed by atoms with Gasteiger partial charge in [-0.2, -0.15) is 0 Å². The van der Waals surface area contributed by atoms with Gasteiger partial charge < -0.3 is 19.7 Å². The van der Waals surface area contributed by atoms with Gasteiger partial charge in [0.1, 0.15) is 11.9 Å². The third kappa shape index (κ3) is 4.74. The van der Waals surface area contributed by atoms with Crippen molar-refractivity contribution in [2.24, 2.45) is 11.8 Å². The molecule has 9 heteroatoms. The smallest absolute Gasteiger partial charge is 0.305 e. The number of nitrogens with one attached hydrogen (secondary N) is 1. The summed E-state index contributed by atoms with van der Waals surface area (Å²) < 4.78 is 25.1. The number of carbonyl (C=O) groups excluding carboxylic acids is 3. The van der Waals surface area contributed by atoms with Crippen molar-refractivity contribution in [1.29, 1.82) is 0 Å². The molecule has 0 saturated heterocycles. The van der Waals surface area contributed by atoms with E-state index in [9.17, 15) is 14.4 Å². The fourth-order valence-electron chi connectivity index (χ4n) is 6.23. The van der Waals surface area contributed by atoms with E-state index < -0.39 is 11.9 Å². The van der Waals surface area contributed by atoms with Gasteiger partial charge in [-0.05, 0) is 66.3 Å². The Bertz CT molecular complexity index is 1290. The average molecular weight is 524 g/mol. The van der Waals surface area contributed by atoms with E-state index in [1.807, 2.05) is 19.9 Å². The van der Waals surface area contributed by atoms with Gasteiger partial charge in [0, 0.05) is 42.6 Å².